The molecule has 0 aliphatic carbocycles. The summed E-state index contributed by atoms with van der Waals surface area (Å²) in [6, 6.07) is 0. The summed E-state index contributed by atoms with van der Waals surface area (Å²) >= 11 is 0. The average Bonchev–Trinajstić information content (AvgIpc) is 1.99. The van der Waals surface area contributed by atoms with Crippen LogP contribution in [-0.2, 0) is 14.6 Å². The second kappa shape index (κ2) is 4.79. The Balaban J connectivity index is 4.66. The molecular weight excluding hydrogens is 214 g/mol. The van der Waals surface area contributed by atoms with Gasteiger partial charge in [0.2, 0.25) is 5.91 Å². The normalized spacial score (nSPS) is 14.4. The Labute approximate surface area is 91.7 Å². The summed E-state index contributed by atoms with van der Waals surface area (Å²) < 4.78 is 23.1. The zero-order valence-corrected chi connectivity index (χ0v) is 10.5. The fraction of sp³-hybridized carbons (Fsp3) is 0.700. The molecule has 1 unspecified atom stereocenters. The highest BCUT2D eigenvalue weighted by atomic mass is 32.2. The van der Waals surface area contributed by atoms with Gasteiger partial charge in [-0.05, 0) is 27.7 Å². The van der Waals surface area contributed by atoms with Gasteiger partial charge in [0.15, 0.2) is 9.84 Å². The van der Waals surface area contributed by atoms with E-state index < -0.39 is 26.5 Å². The van der Waals surface area contributed by atoms with Gasteiger partial charge in [0, 0.05) is 5.54 Å². The maximum absolute atomic E-state index is 11.6. The molecule has 1 amide bonds. The summed E-state index contributed by atoms with van der Waals surface area (Å²) in [6.45, 7) is 10.2. The van der Waals surface area contributed by atoms with Gasteiger partial charge in [0.25, 0.3) is 0 Å². The van der Waals surface area contributed by atoms with E-state index >= 15 is 0 Å². The molecule has 15 heavy (non-hydrogen) atoms. The van der Waals surface area contributed by atoms with Crippen molar-refractivity contribution in [2.24, 2.45) is 0 Å². The van der Waals surface area contributed by atoms with Crippen molar-refractivity contribution < 1.29 is 13.2 Å². The van der Waals surface area contributed by atoms with Crippen LogP contribution in [0.15, 0.2) is 12.7 Å². The minimum absolute atomic E-state index is 0.175. The Morgan fingerprint density at radius 3 is 2.27 bits per heavy atom. The molecule has 0 aromatic heterocycles. The minimum atomic E-state index is -3.41. The number of sulfone groups is 1. The van der Waals surface area contributed by atoms with Crippen LogP contribution in [0.4, 0.5) is 0 Å². The highest BCUT2D eigenvalue weighted by Crippen LogP contribution is 2.06. The highest BCUT2D eigenvalue weighted by molar-refractivity contribution is 7.92. The number of amides is 1. The first kappa shape index (κ1) is 14.2. The summed E-state index contributed by atoms with van der Waals surface area (Å²) in [5.41, 5.74) is -0.422. The molecule has 0 fully saturated rings. The highest BCUT2D eigenvalue weighted by Gasteiger charge is 2.28. The van der Waals surface area contributed by atoms with E-state index in [9.17, 15) is 13.2 Å². The molecule has 4 nitrogen and oxygen atoms in total. The van der Waals surface area contributed by atoms with E-state index in [-0.39, 0.29) is 5.75 Å². The Morgan fingerprint density at radius 1 is 1.47 bits per heavy atom. The van der Waals surface area contributed by atoms with E-state index in [4.69, 9.17) is 0 Å². The van der Waals surface area contributed by atoms with Gasteiger partial charge in [-0.25, -0.2) is 8.42 Å². The largest absolute Gasteiger partial charge is 0.350 e. The fourth-order valence-electron chi connectivity index (χ4n) is 0.943. The molecule has 0 aliphatic heterocycles. The number of nitrogens with one attached hydrogen (secondary N) is 1. The van der Waals surface area contributed by atoms with Crippen LogP contribution in [0.5, 0.6) is 0 Å². The zero-order chi connectivity index (χ0) is 12.3. The summed E-state index contributed by atoms with van der Waals surface area (Å²) in [7, 11) is -3.41. The summed E-state index contributed by atoms with van der Waals surface area (Å²) in [4.78, 5) is 11.6. The monoisotopic (exact) mass is 233 g/mol. The molecule has 0 saturated heterocycles. The van der Waals surface area contributed by atoms with Crippen LogP contribution in [0.1, 0.15) is 27.7 Å². The Hall–Kier alpha value is -0.840. The predicted octanol–water partition coefficient (Wildman–Crippen LogP) is 0.890. The van der Waals surface area contributed by atoms with Crippen molar-refractivity contribution in [3.8, 4) is 0 Å². The van der Waals surface area contributed by atoms with Crippen molar-refractivity contribution in [2.75, 3.05) is 5.75 Å². The summed E-state index contributed by atoms with van der Waals surface area (Å²) in [6.07, 6.45) is 1.29. The molecule has 0 aromatic rings. The molecule has 0 rings (SSSR count). The second-order valence-electron chi connectivity index (χ2n) is 4.50. The van der Waals surface area contributed by atoms with Gasteiger partial charge in [0.05, 0.1) is 5.75 Å². The lowest BCUT2D eigenvalue weighted by Crippen LogP contribution is -2.47. The smallest absolute Gasteiger partial charge is 0.238 e. The molecule has 0 radical (unpaired) electrons. The lowest BCUT2D eigenvalue weighted by molar-refractivity contribution is -0.121. The van der Waals surface area contributed by atoms with Crippen LogP contribution in [0, 0.1) is 0 Å². The molecule has 0 heterocycles. The molecule has 1 N–H and O–H groups in total. The van der Waals surface area contributed by atoms with Crippen LogP contribution in [0.2, 0.25) is 0 Å². The lowest BCUT2D eigenvalue weighted by Gasteiger charge is -2.22. The number of hydrogen-bond acceptors (Lipinski definition) is 3. The first-order valence-corrected chi connectivity index (χ1v) is 6.46. The first-order valence-electron chi connectivity index (χ1n) is 4.74. The predicted molar refractivity (Wildman–Crippen MR) is 61.3 cm³/mol. The lowest BCUT2D eigenvalue weighted by atomic mass is 10.1. The van der Waals surface area contributed by atoms with Gasteiger partial charge < -0.3 is 5.32 Å². The van der Waals surface area contributed by atoms with E-state index in [1.807, 2.05) is 0 Å². The van der Waals surface area contributed by atoms with Crippen LogP contribution >= 0.6 is 0 Å². The standard InChI is InChI=1S/C10H19NO3S/c1-6-7-15(13,14)8(2)9(12)11-10(3,4)5/h6,8H,1,7H2,2-5H3,(H,11,12). The molecule has 5 heteroatoms. The molecule has 0 bridgehead atoms. The van der Waals surface area contributed by atoms with E-state index in [0.717, 1.165) is 0 Å². The van der Waals surface area contributed by atoms with Gasteiger partial charge in [-0.15, -0.1) is 6.58 Å². The van der Waals surface area contributed by atoms with Gasteiger partial charge in [-0.3, -0.25) is 4.79 Å². The van der Waals surface area contributed by atoms with Gasteiger partial charge in [-0.1, -0.05) is 6.08 Å². The van der Waals surface area contributed by atoms with E-state index in [2.05, 4.69) is 11.9 Å². The molecule has 0 saturated carbocycles. The van der Waals surface area contributed by atoms with Crippen molar-refractivity contribution in [2.45, 2.75) is 38.5 Å². The Kier molecular flexibility index (Phi) is 4.52. The van der Waals surface area contributed by atoms with Crippen LogP contribution < -0.4 is 5.32 Å². The third-order valence-electron chi connectivity index (χ3n) is 1.76. The van der Waals surface area contributed by atoms with Gasteiger partial charge in [-0.2, -0.15) is 0 Å². The van der Waals surface area contributed by atoms with Gasteiger partial charge in [0.1, 0.15) is 5.25 Å². The van der Waals surface area contributed by atoms with Crippen molar-refractivity contribution >= 4 is 15.7 Å². The topological polar surface area (TPSA) is 63.2 Å². The van der Waals surface area contributed by atoms with Crippen molar-refractivity contribution in [1.82, 2.24) is 5.32 Å². The minimum Gasteiger partial charge on any atom is -0.350 e. The van der Waals surface area contributed by atoms with Crippen molar-refractivity contribution in [3.63, 3.8) is 0 Å². The molecule has 1 atom stereocenters. The number of rotatable bonds is 4. The average molecular weight is 233 g/mol. The number of carbonyl (C=O) groups is 1. The zero-order valence-electron chi connectivity index (χ0n) is 9.70. The summed E-state index contributed by atoms with van der Waals surface area (Å²) in [5, 5.41) is 1.60. The molecule has 0 aliphatic rings. The maximum atomic E-state index is 11.6. The quantitative estimate of drug-likeness (QED) is 0.733. The van der Waals surface area contributed by atoms with Gasteiger partial charge >= 0.3 is 0 Å². The number of carbonyl (C=O) groups excluding carboxylic acids is 1. The Bertz CT molecular complexity index is 338. The first-order chi connectivity index (χ1) is 6.60. The number of hydrogen-bond donors (Lipinski definition) is 1. The Morgan fingerprint density at radius 2 is 1.93 bits per heavy atom. The molecule has 88 valence electrons. The van der Waals surface area contributed by atoms with Crippen LogP contribution in [0.25, 0.3) is 0 Å². The van der Waals surface area contributed by atoms with E-state index in [0.29, 0.717) is 0 Å². The van der Waals surface area contributed by atoms with Crippen LogP contribution in [0.3, 0.4) is 0 Å². The van der Waals surface area contributed by atoms with Crippen molar-refractivity contribution in [1.29, 1.82) is 0 Å². The van der Waals surface area contributed by atoms with Crippen LogP contribution in [-0.4, -0.2) is 30.9 Å². The molecular formula is C10H19NO3S. The summed E-state index contributed by atoms with van der Waals surface area (Å²) in [5.74, 6) is -0.643. The SMILES string of the molecule is C=CCS(=O)(=O)C(C)C(=O)NC(C)(C)C. The van der Waals surface area contributed by atoms with E-state index in [1.165, 1.54) is 13.0 Å². The van der Waals surface area contributed by atoms with Crippen molar-refractivity contribution in [3.05, 3.63) is 12.7 Å². The maximum Gasteiger partial charge on any atom is 0.238 e. The van der Waals surface area contributed by atoms with E-state index in [1.54, 1.807) is 20.8 Å². The fourth-order valence-corrected chi connectivity index (χ4v) is 1.95. The molecule has 0 spiro atoms. The second-order valence-corrected chi connectivity index (χ2v) is 6.87. The third kappa shape index (κ3) is 4.97. The molecule has 0 aromatic carbocycles. The third-order valence-corrected chi connectivity index (χ3v) is 3.75.